The molecule has 2 rings (SSSR count). The average Bonchev–Trinajstić information content (AvgIpc) is 2.45. The van der Waals surface area contributed by atoms with Gasteiger partial charge in [0.2, 0.25) is 0 Å². The summed E-state index contributed by atoms with van der Waals surface area (Å²) in [5.74, 6) is -1.47. The van der Waals surface area contributed by atoms with Crippen molar-refractivity contribution in [1.82, 2.24) is 15.3 Å². The quantitative estimate of drug-likeness (QED) is 0.836. The van der Waals surface area contributed by atoms with E-state index in [1.807, 2.05) is 20.8 Å². The Morgan fingerprint density at radius 1 is 1.33 bits per heavy atom. The molecular weight excluding hydrogens is 340 g/mol. The molecule has 2 aromatic rings. The van der Waals surface area contributed by atoms with E-state index in [9.17, 15) is 8.78 Å². The van der Waals surface area contributed by atoms with E-state index < -0.39 is 11.6 Å². The van der Waals surface area contributed by atoms with Crippen LogP contribution in [0.3, 0.4) is 0 Å². The van der Waals surface area contributed by atoms with E-state index in [4.69, 9.17) is 0 Å². The third-order valence-electron chi connectivity index (χ3n) is 3.27. The van der Waals surface area contributed by atoms with E-state index in [2.05, 4.69) is 31.2 Å². The van der Waals surface area contributed by atoms with E-state index in [0.717, 1.165) is 23.9 Å². The topological polar surface area (TPSA) is 37.8 Å². The SMILES string of the molecule is CCNC(C)c1cnc(-c2ccc(F)c(F)c2Br)nc1C. The molecule has 1 N–H and O–H groups in total. The van der Waals surface area contributed by atoms with Crippen LogP contribution in [-0.4, -0.2) is 16.5 Å². The second kappa shape index (κ2) is 6.58. The van der Waals surface area contributed by atoms with Gasteiger partial charge in [-0.2, -0.15) is 0 Å². The van der Waals surface area contributed by atoms with Gasteiger partial charge >= 0.3 is 0 Å². The third kappa shape index (κ3) is 3.27. The third-order valence-corrected chi connectivity index (χ3v) is 4.05. The molecule has 0 spiro atoms. The summed E-state index contributed by atoms with van der Waals surface area (Å²) in [6.07, 6.45) is 1.72. The summed E-state index contributed by atoms with van der Waals surface area (Å²) >= 11 is 3.06. The number of aromatic nitrogens is 2. The van der Waals surface area contributed by atoms with E-state index in [1.165, 1.54) is 6.07 Å². The van der Waals surface area contributed by atoms with Crippen LogP contribution in [0.15, 0.2) is 22.8 Å². The van der Waals surface area contributed by atoms with E-state index >= 15 is 0 Å². The van der Waals surface area contributed by atoms with Crippen LogP contribution in [0.4, 0.5) is 8.78 Å². The van der Waals surface area contributed by atoms with Crippen LogP contribution >= 0.6 is 15.9 Å². The Hall–Kier alpha value is -1.40. The maximum atomic E-state index is 13.6. The molecule has 3 nitrogen and oxygen atoms in total. The van der Waals surface area contributed by atoms with E-state index in [1.54, 1.807) is 6.20 Å². The molecule has 6 heteroatoms. The van der Waals surface area contributed by atoms with Crippen molar-refractivity contribution < 1.29 is 8.78 Å². The Kier molecular flexibility index (Phi) is 5.00. The zero-order valence-electron chi connectivity index (χ0n) is 12.0. The molecule has 0 aliphatic rings. The molecule has 0 radical (unpaired) electrons. The molecule has 1 aromatic carbocycles. The van der Waals surface area contributed by atoms with Crippen molar-refractivity contribution in [3.8, 4) is 11.4 Å². The zero-order valence-corrected chi connectivity index (χ0v) is 13.6. The van der Waals surface area contributed by atoms with Gasteiger partial charge < -0.3 is 5.32 Å². The highest BCUT2D eigenvalue weighted by Gasteiger charge is 2.16. The van der Waals surface area contributed by atoms with Crippen molar-refractivity contribution in [1.29, 1.82) is 0 Å². The first kappa shape index (κ1) is 16.0. The molecule has 1 unspecified atom stereocenters. The van der Waals surface area contributed by atoms with Gasteiger partial charge in [0.15, 0.2) is 17.5 Å². The monoisotopic (exact) mass is 355 g/mol. The summed E-state index contributed by atoms with van der Waals surface area (Å²) in [5.41, 5.74) is 2.23. The summed E-state index contributed by atoms with van der Waals surface area (Å²) in [4.78, 5) is 8.68. The maximum absolute atomic E-state index is 13.6. The fourth-order valence-corrected chi connectivity index (χ4v) is 2.64. The predicted octanol–water partition coefficient (Wildman–Crippen LogP) is 4.16. The molecule has 1 aromatic heterocycles. The minimum absolute atomic E-state index is 0.0365. The standard InChI is InChI=1S/C15H16BrF2N3/c1-4-19-8(2)11-7-20-15(21-9(11)3)10-5-6-12(17)14(18)13(10)16/h5-8,19H,4H2,1-3H3. The van der Waals surface area contributed by atoms with Gasteiger partial charge in [-0.25, -0.2) is 18.7 Å². The lowest BCUT2D eigenvalue weighted by Crippen LogP contribution is -2.19. The van der Waals surface area contributed by atoms with Crippen molar-refractivity contribution in [2.75, 3.05) is 6.54 Å². The molecule has 0 bridgehead atoms. The van der Waals surface area contributed by atoms with Gasteiger partial charge in [0.25, 0.3) is 0 Å². The smallest absolute Gasteiger partial charge is 0.173 e. The molecular formula is C15H16BrF2N3. The molecule has 0 saturated carbocycles. The number of hydrogen-bond donors (Lipinski definition) is 1. The molecule has 1 heterocycles. The first-order valence-electron chi connectivity index (χ1n) is 6.66. The van der Waals surface area contributed by atoms with Crippen LogP contribution in [0, 0.1) is 18.6 Å². The van der Waals surface area contributed by atoms with Crippen LogP contribution in [0.25, 0.3) is 11.4 Å². The van der Waals surface area contributed by atoms with E-state index in [-0.39, 0.29) is 10.5 Å². The normalized spacial score (nSPS) is 12.5. The number of nitrogens with zero attached hydrogens (tertiary/aromatic N) is 2. The molecule has 0 fully saturated rings. The van der Waals surface area contributed by atoms with Crippen molar-refractivity contribution in [3.05, 3.63) is 45.7 Å². The Morgan fingerprint density at radius 2 is 2.05 bits per heavy atom. The molecule has 0 saturated heterocycles. The zero-order chi connectivity index (χ0) is 15.6. The lowest BCUT2D eigenvalue weighted by molar-refractivity contribution is 0.504. The van der Waals surface area contributed by atoms with Crippen molar-refractivity contribution in [2.24, 2.45) is 0 Å². The van der Waals surface area contributed by atoms with Gasteiger partial charge in [-0.05, 0) is 48.5 Å². The average molecular weight is 356 g/mol. The first-order chi connectivity index (χ1) is 9.95. The highest BCUT2D eigenvalue weighted by atomic mass is 79.9. The fourth-order valence-electron chi connectivity index (χ4n) is 2.15. The largest absolute Gasteiger partial charge is 0.310 e. The number of rotatable bonds is 4. The lowest BCUT2D eigenvalue weighted by atomic mass is 10.1. The predicted molar refractivity (Wildman–Crippen MR) is 81.9 cm³/mol. The summed E-state index contributed by atoms with van der Waals surface area (Å²) in [6, 6.07) is 2.67. The Bertz CT molecular complexity index is 662. The van der Waals surface area contributed by atoms with Gasteiger partial charge in [0.1, 0.15) is 0 Å². The summed E-state index contributed by atoms with van der Waals surface area (Å²) in [5, 5.41) is 3.29. The number of nitrogens with one attached hydrogen (secondary N) is 1. The fraction of sp³-hybridized carbons (Fsp3) is 0.333. The van der Waals surface area contributed by atoms with Crippen LogP contribution in [0.5, 0.6) is 0 Å². The van der Waals surface area contributed by atoms with Crippen molar-refractivity contribution in [2.45, 2.75) is 26.8 Å². The highest BCUT2D eigenvalue weighted by Crippen LogP contribution is 2.30. The lowest BCUT2D eigenvalue weighted by Gasteiger charge is -2.15. The maximum Gasteiger partial charge on any atom is 0.173 e. The molecule has 0 aliphatic carbocycles. The number of halogens is 3. The van der Waals surface area contributed by atoms with Gasteiger partial charge in [0, 0.05) is 29.1 Å². The Morgan fingerprint density at radius 3 is 2.67 bits per heavy atom. The van der Waals surface area contributed by atoms with Gasteiger partial charge in [-0.15, -0.1) is 0 Å². The summed E-state index contributed by atoms with van der Waals surface area (Å²) in [7, 11) is 0. The molecule has 1 atom stereocenters. The van der Waals surface area contributed by atoms with Crippen LogP contribution in [0.2, 0.25) is 0 Å². The number of benzene rings is 1. The summed E-state index contributed by atoms with van der Waals surface area (Å²) < 4.78 is 26.8. The summed E-state index contributed by atoms with van der Waals surface area (Å²) in [6.45, 7) is 6.78. The highest BCUT2D eigenvalue weighted by molar-refractivity contribution is 9.10. The van der Waals surface area contributed by atoms with E-state index in [0.29, 0.717) is 11.4 Å². The van der Waals surface area contributed by atoms with Gasteiger partial charge in [0.05, 0.1) is 4.47 Å². The first-order valence-corrected chi connectivity index (χ1v) is 7.45. The molecule has 112 valence electrons. The number of aryl methyl sites for hydroxylation is 1. The van der Waals surface area contributed by atoms with Gasteiger partial charge in [-0.3, -0.25) is 0 Å². The number of hydrogen-bond acceptors (Lipinski definition) is 3. The molecule has 0 aliphatic heterocycles. The minimum atomic E-state index is -0.932. The van der Waals surface area contributed by atoms with Crippen molar-refractivity contribution in [3.63, 3.8) is 0 Å². The second-order valence-electron chi connectivity index (χ2n) is 4.74. The Balaban J connectivity index is 2.43. The molecule has 21 heavy (non-hydrogen) atoms. The van der Waals surface area contributed by atoms with Crippen molar-refractivity contribution >= 4 is 15.9 Å². The van der Waals surface area contributed by atoms with Gasteiger partial charge in [-0.1, -0.05) is 6.92 Å². The van der Waals surface area contributed by atoms with Crippen LogP contribution in [-0.2, 0) is 0 Å². The second-order valence-corrected chi connectivity index (χ2v) is 5.53. The minimum Gasteiger partial charge on any atom is -0.310 e. The van der Waals surface area contributed by atoms with Crippen LogP contribution < -0.4 is 5.32 Å². The van der Waals surface area contributed by atoms with Crippen LogP contribution in [0.1, 0.15) is 31.1 Å². The molecule has 0 amide bonds. The Labute approximate surface area is 131 Å².